The zero-order valence-corrected chi connectivity index (χ0v) is 10.1. The van der Waals surface area contributed by atoms with Gasteiger partial charge in [-0.15, -0.1) is 0 Å². The summed E-state index contributed by atoms with van der Waals surface area (Å²) in [5.74, 6) is -0.970. The summed E-state index contributed by atoms with van der Waals surface area (Å²) in [4.78, 5) is 10.9. The highest BCUT2D eigenvalue weighted by Gasteiger charge is 2.40. The van der Waals surface area contributed by atoms with Gasteiger partial charge in [0.25, 0.3) is 0 Å². The van der Waals surface area contributed by atoms with E-state index in [0.29, 0.717) is 6.54 Å². The van der Waals surface area contributed by atoms with Crippen molar-refractivity contribution in [2.45, 2.75) is 26.3 Å². The molecular weight excluding hydrogens is 218 g/mol. The van der Waals surface area contributed by atoms with Crippen molar-refractivity contribution in [3.05, 3.63) is 0 Å². The van der Waals surface area contributed by atoms with Crippen LogP contribution in [0.2, 0.25) is 0 Å². The minimum Gasteiger partial charge on any atom is -0.468 e. The topological polar surface area (TPSA) is 63.7 Å². The molecule has 1 fully saturated rings. The Kier molecular flexibility index (Phi) is 3.72. The van der Waals surface area contributed by atoms with Crippen LogP contribution in [0.25, 0.3) is 0 Å². The molecule has 1 aliphatic heterocycles. The number of carbonyl (C=O) groups is 1. The van der Waals surface area contributed by atoms with Gasteiger partial charge in [0, 0.05) is 12.6 Å². The lowest BCUT2D eigenvalue weighted by atomic mass is 9.95. The maximum atomic E-state index is 11.7. The molecule has 0 aromatic carbocycles. The number of carbonyl (C=O) groups excluding carboxylic acids is 1. The first-order valence-corrected chi connectivity index (χ1v) is 6.55. The molecule has 0 spiro atoms. The van der Waals surface area contributed by atoms with E-state index in [0.717, 1.165) is 6.42 Å². The Morgan fingerprint density at radius 3 is 2.47 bits per heavy atom. The summed E-state index contributed by atoms with van der Waals surface area (Å²) >= 11 is 0. The van der Waals surface area contributed by atoms with Gasteiger partial charge in [0.05, 0.1) is 7.11 Å². The van der Waals surface area contributed by atoms with Gasteiger partial charge in [0.15, 0.2) is 5.75 Å². The molecule has 1 saturated heterocycles. The second-order valence-electron chi connectivity index (χ2n) is 4.04. The molecule has 1 rings (SSSR count). The summed E-state index contributed by atoms with van der Waals surface area (Å²) < 4.78 is 29.2. The zero-order chi connectivity index (χ0) is 11.6. The summed E-state index contributed by atoms with van der Waals surface area (Å²) in [7, 11) is -2.28. The van der Waals surface area contributed by atoms with Gasteiger partial charge in [0.2, 0.25) is 10.0 Å². The largest absolute Gasteiger partial charge is 0.468 e. The highest BCUT2D eigenvalue weighted by molar-refractivity contribution is 7.89. The lowest BCUT2D eigenvalue weighted by Gasteiger charge is -2.41. The molecular formula is C9H17NO4S. The van der Waals surface area contributed by atoms with Crippen molar-refractivity contribution in [1.29, 1.82) is 0 Å². The van der Waals surface area contributed by atoms with E-state index >= 15 is 0 Å². The summed E-state index contributed by atoms with van der Waals surface area (Å²) in [6.07, 6.45) is 0.873. The predicted octanol–water partition coefficient (Wildman–Crippen LogP) is 0.220. The fourth-order valence-electron chi connectivity index (χ4n) is 1.69. The van der Waals surface area contributed by atoms with Crippen molar-refractivity contribution in [2.24, 2.45) is 5.92 Å². The van der Waals surface area contributed by atoms with E-state index in [2.05, 4.69) is 4.74 Å². The Morgan fingerprint density at radius 2 is 2.13 bits per heavy atom. The van der Waals surface area contributed by atoms with E-state index in [1.807, 2.05) is 13.8 Å². The minimum absolute atomic E-state index is 0.0413. The highest BCUT2D eigenvalue weighted by Crippen LogP contribution is 2.27. The van der Waals surface area contributed by atoms with E-state index in [-0.39, 0.29) is 12.0 Å². The van der Waals surface area contributed by atoms with Gasteiger partial charge in [-0.05, 0) is 12.3 Å². The van der Waals surface area contributed by atoms with Crippen LogP contribution >= 0.6 is 0 Å². The van der Waals surface area contributed by atoms with Crippen LogP contribution in [-0.2, 0) is 19.6 Å². The molecule has 0 aromatic rings. The Hall–Kier alpha value is -0.620. The lowest BCUT2D eigenvalue weighted by molar-refractivity contribution is -0.137. The quantitative estimate of drug-likeness (QED) is 0.654. The van der Waals surface area contributed by atoms with Crippen LogP contribution in [-0.4, -0.2) is 44.1 Å². The molecule has 1 aliphatic rings. The third-order valence-corrected chi connectivity index (χ3v) is 4.44. The smallest absolute Gasteiger partial charge is 0.322 e. The molecule has 0 amide bonds. The summed E-state index contributed by atoms with van der Waals surface area (Å²) in [5.41, 5.74) is 0. The van der Waals surface area contributed by atoms with Crippen molar-refractivity contribution in [3.8, 4) is 0 Å². The summed E-state index contributed by atoms with van der Waals surface area (Å²) in [5, 5.41) is 0. The van der Waals surface area contributed by atoms with E-state index in [4.69, 9.17) is 0 Å². The normalized spacial score (nSPS) is 22.5. The predicted molar refractivity (Wildman–Crippen MR) is 55.8 cm³/mol. The SMILES string of the molecule is COC(=O)CS(=O)(=O)N1CC[C@H]1C(C)C. The van der Waals surface area contributed by atoms with Crippen LogP contribution < -0.4 is 0 Å². The van der Waals surface area contributed by atoms with E-state index in [1.54, 1.807) is 0 Å². The first-order chi connectivity index (χ1) is 6.88. The second kappa shape index (κ2) is 4.49. The fraction of sp³-hybridized carbons (Fsp3) is 0.889. The van der Waals surface area contributed by atoms with E-state index in [1.165, 1.54) is 11.4 Å². The molecule has 0 N–H and O–H groups in total. The van der Waals surface area contributed by atoms with Crippen molar-refractivity contribution >= 4 is 16.0 Å². The van der Waals surface area contributed by atoms with Gasteiger partial charge in [-0.1, -0.05) is 13.8 Å². The van der Waals surface area contributed by atoms with Crippen LogP contribution in [0.1, 0.15) is 20.3 Å². The third kappa shape index (κ3) is 2.69. The molecule has 0 aliphatic carbocycles. The number of hydrogen-bond acceptors (Lipinski definition) is 4. The Bertz CT molecular complexity index is 336. The Morgan fingerprint density at radius 1 is 1.53 bits per heavy atom. The van der Waals surface area contributed by atoms with Gasteiger partial charge >= 0.3 is 5.97 Å². The molecule has 6 heteroatoms. The van der Waals surface area contributed by atoms with Gasteiger partial charge in [-0.25, -0.2) is 8.42 Å². The molecule has 1 atom stereocenters. The maximum Gasteiger partial charge on any atom is 0.322 e. The second-order valence-corrected chi connectivity index (χ2v) is 5.96. The minimum atomic E-state index is -3.47. The standard InChI is InChI=1S/C9H17NO4S/c1-7(2)8-4-5-10(8)15(12,13)6-9(11)14-3/h7-8H,4-6H2,1-3H3/t8-/m0/s1. The van der Waals surface area contributed by atoms with Gasteiger partial charge in [0.1, 0.15) is 0 Å². The van der Waals surface area contributed by atoms with Crippen molar-refractivity contribution in [1.82, 2.24) is 4.31 Å². The van der Waals surface area contributed by atoms with Crippen molar-refractivity contribution in [2.75, 3.05) is 19.4 Å². The molecule has 15 heavy (non-hydrogen) atoms. The molecule has 0 radical (unpaired) electrons. The highest BCUT2D eigenvalue weighted by atomic mass is 32.2. The van der Waals surface area contributed by atoms with Gasteiger partial charge in [-0.2, -0.15) is 4.31 Å². The average molecular weight is 235 g/mol. The number of rotatable bonds is 4. The lowest BCUT2D eigenvalue weighted by Crippen LogP contribution is -2.54. The van der Waals surface area contributed by atoms with Gasteiger partial charge in [-0.3, -0.25) is 4.79 Å². The summed E-state index contributed by atoms with van der Waals surface area (Å²) in [6, 6.07) is 0.0413. The van der Waals surface area contributed by atoms with Crippen LogP contribution in [0.4, 0.5) is 0 Å². The van der Waals surface area contributed by atoms with Crippen LogP contribution in [0.3, 0.4) is 0 Å². The molecule has 0 aromatic heterocycles. The van der Waals surface area contributed by atoms with Crippen LogP contribution in [0.15, 0.2) is 0 Å². The molecule has 5 nitrogen and oxygen atoms in total. The fourth-order valence-corrected chi connectivity index (χ4v) is 3.41. The third-order valence-electron chi connectivity index (χ3n) is 2.67. The van der Waals surface area contributed by atoms with Gasteiger partial charge < -0.3 is 4.74 Å². The molecule has 88 valence electrons. The first kappa shape index (κ1) is 12.4. The van der Waals surface area contributed by atoms with Crippen molar-refractivity contribution < 1.29 is 17.9 Å². The number of ether oxygens (including phenoxy) is 1. The van der Waals surface area contributed by atoms with Crippen LogP contribution in [0.5, 0.6) is 0 Å². The maximum absolute atomic E-state index is 11.7. The number of esters is 1. The molecule has 0 bridgehead atoms. The Labute approximate surface area is 90.4 Å². The number of methoxy groups -OCH3 is 1. The summed E-state index contributed by atoms with van der Waals surface area (Å²) in [6.45, 7) is 4.47. The van der Waals surface area contributed by atoms with Crippen molar-refractivity contribution in [3.63, 3.8) is 0 Å². The average Bonchev–Trinajstić information content (AvgIpc) is 1.98. The monoisotopic (exact) mass is 235 g/mol. The first-order valence-electron chi connectivity index (χ1n) is 4.95. The van der Waals surface area contributed by atoms with E-state index < -0.39 is 21.7 Å². The molecule has 0 saturated carbocycles. The number of sulfonamides is 1. The Balaban J connectivity index is 2.67. The zero-order valence-electron chi connectivity index (χ0n) is 9.26. The number of hydrogen-bond donors (Lipinski definition) is 0. The van der Waals surface area contributed by atoms with E-state index in [9.17, 15) is 13.2 Å². The molecule has 1 heterocycles. The number of nitrogens with zero attached hydrogens (tertiary/aromatic N) is 1. The molecule has 0 unspecified atom stereocenters. The van der Waals surface area contributed by atoms with Crippen LogP contribution in [0, 0.1) is 5.92 Å².